The van der Waals surface area contributed by atoms with Gasteiger partial charge in [-0.05, 0) is 43.7 Å². The topological polar surface area (TPSA) is 55.3 Å². The second-order valence-corrected chi connectivity index (χ2v) is 5.14. The van der Waals surface area contributed by atoms with E-state index < -0.39 is 0 Å². The fourth-order valence-corrected chi connectivity index (χ4v) is 2.70. The summed E-state index contributed by atoms with van der Waals surface area (Å²) < 4.78 is 5.33. The largest absolute Gasteiger partial charge is 0.356 e. The second kappa shape index (κ2) is 5.08. The Morgan fingerprint density at radius 2 is 2.06 bits per heavy atom. The van der Waals surface area contributed by atoms with Crippen molar-refractivity contribution >= 4 is 11.0 Å². The molecular weight excluding hydrogens is 226 g/mol. The quantitative estimate of drug-likeness (QED) is 0.843. The lowest BCUT2D eigenvalue weighted by Gasteiger charge is -2.28. The van der Waals surface area contributed by atoms with Crippen molar-refractivity contribution in [2.75, 3.05) is 13.1 Å². The van der Waals surface area contributed by atoms with Gasteiger partial charge in [-0.15, -0.1) is 0 Å². The molecule has 0 unspecified atom stereocenters. The maximum Gasteiger partial charge on any atom is 0.167 e. The Balaban J connectivity index is 1.63. The molecule has 3 rings (SSSR count). The molecule has 0 radical (unpaired) electrons. The standard InChI is InChI=1S/C14H19N3O/c15-17-9-7-11(8-10-17)5-6-13-12-3-1-2-4-14(12)18-16-13/h1-4,11H,5-10,15H2. The number of para-hydroxylation sites is 1. The van der Waals surface area contributed by atoms with Crippen molar-refractivity contribution in [2.45, 2.75) is 25.7 Å². The first-order chi connectivity index (χ1) is 8.83. The summed E-state index contributed by atoms with van der Waals surface area (Å²) in [6, 6.07) is 8.08. The molecule has 1 aromatic carbocycles. The number of hydrazine groups is 1. The number of aromatic nitrogens is 1. The third-order valence-electron chi connectivity index (χ3n) is 3.89. The maximum atomic E-state index is 5.77. The molecule has 0 amide bonds. The van der Waals surface area contributed by atoms with E-state index in [1.165, 1.54) is 19.3 Å². The van der Waals surface area contributed by atoms with Gasteiger partial charge in [-0.25, -0.2) is 5.01 Å². The molecule has 0 aliphatic carbocycles. The minimum Gasteiger partial charge on any atom is -0.356 e. The molecule has 0 bridgehead atoms. The van der Waals surface area contributed by atoms with Crippen molar-refractivity contribution in [3.63, 3.8) is 0 Å². The summed E-state index contributed by atoms with van der Waals surface area (Å²) in [4.78, 5) is 0. The predicted octanol–water partition coefficient (Wildman–Crippen LogP) is 2.35. The number of benzene rings is 1. The smallest absolute Gasteiger partial charge is 0.167 e. The Morgan fingerprint density at radius 1 is 1.28 bits per heavy atom. The molecular formula is C14H19N3O. The van der Waals surface area contributed by atoms with Gasteiger partial charge in [0.1, 0.15) is 0 Å². The predicted molar refractivity (Wildman–Crippen MR) is 70.8 cm³/mol. The molecule has 2 aromatic rings. The van der Waals surface area contributed by atoms with Crippen molar-refractivity contribution < 1.29 is 4.52 Å². The highest BCUT2D eigenvalue weighted by Crippen LogP contribution is 2.24. The summed E-state index contributed by atoms with van der Waals surface area (Å²) >= 11 is 0. The van der Waals surface area contributed by atoms with Crippen LogP contribution in [0, 0.1) is 5.92 Å². The number of nitrogens with two attached hydrogens (primary N) is 1. The van der Waals surface area contributed by atoms with Crippen molar-refractivity contribution in [1.82, 2.24) is 10.2 Å². The van der Waals surface area contributed by atoms with Gasteiger partial charge in [-0.1, -0.05) is 17.3 Å². The lowest BCUT2D eigenvalue weighted by molar-refractivity contribution is 0.182. The molecule has 2 N–H and O–H groups in total. The molecule has 96 valence electrons. The fraction of sp³-hybridized carbons (Fsp3) is 0.500. The van der Waals surface area contributed by atoms with Crippen LogP contribution < -0.4 is 5.84 Å². The molecule has 1 fully saturated rings. The molecule has 4 nitrogen and oxygen atoms in total. The average molecular weight is 245 g/mol. The van der Waals surface area contributed by atoms with E-state index in [1.807, 2.05) is 23.2 Å². The van der Waals surface area contributed by atoms with E-state index in [0.29, 0.717) is 0 Å². The molecule has 1 aromatic heterocycles. The first kappa shape index (κ1) is 11.7. The van der Waals surface area contributed by atoms with E-state index in [-0.39, 0.29) is 0 Å². The SMILES string of the molecule is NN1CCC(CCc2noc3ccccc23)CC1. The van der Waals surface area contributed by atoms with Crippen molar-refractivity contribution in [2.24, 2.45) is 11.8 Å². The Morgan fingerprint density at radius 3 is 2.89 bits per heavy atom. The zero-order chi connectivity index (χ0) is 12.4. The van der Waals surface area contributed by atoms with Crippen molar-refractivity contribution in [1.29, 1.82) is 0 Å². The zero-order valence-corrected chi connectivity index (χ0v) is 10.5. The Kier molecular flexibility index (Phi) is 3.30. The Labute approximate surface area is 107 Å². The Hall–Kier alpha value is -1.39. The summed E-state index contributed by atoms with van der Waals surface area (Å²) in [5.41, 5.74) is 1.99. The lowest BCUT2D eigenvalue weighted by Crippen LogP contribution is -2.38. The van der Waals surface area contributed by atoms with Crippen LogP contribution in [0.5, 0.6) is 0 Å². The highest BCUT2D eigenvalue weighted by Gasteiger charge is 2.18. The third kappa shape index (κ3) is 2.40. The van der Waals surface area contributed by atoms with Gasteiger partial charge < -0.3 is 4.52 Å². The number of fused-ring (bicyclic) bond motifs is 1. The van der Waals surface area contributed by atoms with Crippen LogP contribution in [-0.4, -0.2) is 23.3 Å². The van der Waals surface area contributed by atoms with E-state index >= 15 is 0 Å². The van der Waals surface area contributed by atoms with E-state index in [2.05, 4.69) is 11.2 Å². The van der Waals surface area contributed by atoms with E-state index in [1.54, 1.807) is 0 Å². The number of aryl methyl sites for hydroxylation is 1. The van der Waals surface area contributed by atoms with Gasteiger partial charge in [0.25, 0.3) is 0 Å². The highest BCUT2D eigenvalue weighted by molar-refractivity contribution is 5.79. The van der Waals surface area contributed by atoms with E-state index in [0.717, 1.165) is 42.1 Å². The van der Waals surface area contributed by atoms with Crippen LogP contribution in [0.25, 0.3) is 11.0 Å². The number of piperidine rings is 1. The van der Waals surface area contributed by atoms with Gasteiger partial charge in [0.15, 0.2) is 5.58 Å². The summed E-state index contributed by atoms with van der Waals surface area (Å²) in [6.07, 6.45) is 4.59. The van der Waals surface area contributed by atoms with Crippen LogP contribution >= 0.6 is 0 Å². The zero-order valence-electron chi connectivity index (χ0n) is 10.5. The minimum atomic E-state index is 0.778. The number of rotatable bonds is 3. The van der Waals surface area contributed by atoms with Crippen molar-refractivity contribution in [3.05, 3.63) is 30.0 Å². The monoisotopic (exact) mass is 245 g/mol. The molecule has 0 spiro atoms. The van der Waals surface area contributed by atoms with Gasteiger partial charge in [-0.3, -0.25) is 5.84 Å². The molecule has 1 aliphatic heterocycles. The number of nitrogens with zero attached hydrogens (tertiary/aromatic N) is 2. The number of hydrogen-bond acceptors (Lipinski definition) is 4. The van der Waals surface area contributed by atoms with Gasteiger partial charge in [0.2, 0.25) is 0 Å². The molecule has 1 aliphatic rings. The van der Waals surface area contributed by atoms with Gasteiger partial charge in [0.05, 0.1) is 5.69 Å². The van der Waals surface area contributed by atoms with Crippen molar-refractivity contribution in [3.8, 4) is 0 Å². The summed E-state index contributed by atoms with van der Waals surface area (Å²) in [7, 11) is 0. The van der Waals surface area contributed by atoms with Gasteiger partial charge >= 0.3 is 0 Å². The van der Waals surface area contributed by atoms with Gasteiger partial charge in [-0.2, -0.15) is 0 Å². The number of hydrogen-bond donors (Lipinski definition) is 1. The summed E-state index contributed by atoms with van der Waals surface area (Å²) in [5, 5.41) is 7.26. The van der Waals surface area contributed by atoms with Crippen LogP contribution in [0.1, 0.15) is 25.0 Å². The summed E-state index contributed by atoms with van der Waals surface area (Å²) in [6.45, 7) is 2.04. The third-order valence-corrected chi connectivity index (χ3v) is 3.89. The van der Waals surface area contributed by atoms with Crippen LogP contribution in [0.4, 0.5) is 0 Å². The molecule has 1 saturated heterocycles. The summed E-state index contributed by atoms with van der Waals surface area (Å²) in [5.74, 6) is 6.55. The Bertz CT molecular complexity index is 514. The van der Waals surface area contributed by atoms with Crippen LogP contribution in [-0.2, 0) is 6.42 Å². The second-order valence-electron chi connectivity index (χ2n) is 5.14. The van der Waals surface area contributed by atoms with Crippen LogP contribution in [0.15, 0.2) is 28.8 Å². The molecule has 4 heteroatoms. The lowest BCUT2D eigenvalue weighted by atomic mass is 9.92. The van der Waals surface area contributed by atoms with Crippen LogP contribution in [0.3, 0.4) is 0 Å². The molecule has 0 saturated carbocycles. The van der Waals surface area contributed by atoms with E-state index in [4.69, 9.17) is 10.4 Å². The maximum absolute atomic E-state index is 5.77. The average Bonchev–Trinajstić information content (AvgIpc) is 2.82. The van der Waals surface area contributed by atoms with Crippen LogP contribution in [0.2, 0.25) is 0 Å². The van der Waals surface area contributed by atoms with Gasteiger partial charge in [0, 0.05) is 18.5 Å². The highest BCUT2D eigenvalue weighted by atomic mass is 16.5. The minimum absolute atomic E-state index is 0.778. The molecule has 0 atom stereocenters. The molecule has 2 heterocycles. The van der Waals surface area contributed by atoms with E-state index in [9.17, 15) is 0 Å². The fourth-order valence-electron chi connectivity index (χ4n) is 2.70. The first-order valence-electron chi connectivity index (χ1n) is 6.66. The first-order valence-corrected chi connectivity index (χ1v) is 6.66. The molecule has 18 heavy (non-hydrogen) atoms. The normalized spacial score (nSPS) is 18.5.